The first-order valence-electron chi connectivity index (χ1n) is 9.19. The van der Waals surface area contributed by atoms with Crippen molar-refractivity contribution >= 4 is 25.0 Å². The van der Waals surface area contributed by atoms with Crippen LogP contribution >= 0.6 is 0 Å². The Hall–Kier alpha value is -1.79. The Morgan fingerprint density at radius 3 is 2.08 bits per heavy atom. The second kappa shape index (κ2) is 9.78. The van der Waals surface area contributed by atoms with Crippen molar-refractivity contribution in [2.75, 3.05) is 25.6 Å². The van der Waals surface area contributed by atoms with Gasteiger partial charge in [0.05, 0.1) is 16.9 Å². The third kappa shape index (κ3) is 5.35. The maximum absolute atomic E-state index is 12.7. The Morgan fingerprint density at radius 2 is 1.54 bits per heavy atom. The second-order valence-electron chi connectivity index (χ2n) is 6.51. The van der Waals surface area contributed by atoms with Gasteiger partial charge in [-0.05, 0) is 55.0 Å². The molecule has 0 radical (unpaired) electrons. The van der Waals surface area contributed by atoms with E-state index in [0.717, 1.165) is 12.2 Å². The van der Waals surface area contributed by atoms with Crippen LogP contribution in [-0.2, 0) is 9.84 Å². The van der Waals surface area contributed by atoms with E-state index in [2.05, 4.69) is 18.9 Å². The maximum atomic E-state index is 12.7. The van der Waals surface area contributed by atoms with E-state index in [1.54, 1.807) is 43.5 Å². The van der Waals surface area contributed by atoms with Crippen molar-refractivity contribution in [3.05, 3.63) is 48.5 Å². The van der Waals surface area contributed by atoms with E-state index < -0.39 is 9.84 Å². The van der Waals surface area contributed by atoms with Crippen LogP contribution in [0.2, 0.25) is 12.1 Å². The van der Waals surface area contributed by atoms with E-state index in [0.29, 0.717) is 10.6 Å². The first-order valence-corrected chi connectivity index (χ1v) is 12.7. The lowest BCUT2D eigenvalue weighted by Gasteiger charge is -2.19. The summed E-state index contributed by atoms with van der Waals surface area (Å²) in [6.07, 6.45) is 2.53. The maximum Gasteiger partial charge on any atom is 0.206 e. The average molecular weight is 392 g/mol. The minimum absolute atomic E-state index is 0.114. The summed E-state index contributed by atoms with van der Waals surface area (Å²) < 4.78 is 30.6. The average Bonchev–Trinajstić information content (AvgIpc) is 2.67. The molecule has 4 nitrogen and oxygen atoms in total. The summed E-state index contributed by atoms with van der Waals surface area (Å²) in [5, 5.41) is 0. The van der Waals surface area contributed by atoms with E-state index in [-0.39, 0.29) is 14.4 Å². The Morgan fingerprint density at radius 1 is 0.962 bits per heavy atom. The molecule has 0 unspecified atom stereocenters. The molecule has 0 aliphatic carbocycles. The summed E-state index contributed by atoms with van der Waals surface area (Å²) in [5.74, 6) is 0.642. The molecular weight excluding hydrogens is 362 g/mol. The Labute approximate surface area is 159 Å². The lowest BCUT2D eigenvalue weighted by molar-refractivity contribution is 0.414. The molecule has 2 aromatic rings. The molecule has 0 atom stereocenters. The zero-order valence-corrected chi connectivity index (χ0v) is 18.2. The largest absolute Gasteiger partial charge is 0.497 e. The van der Waals surface area contributed by atoms with Gasteiger partial charge in [0.2, 0.25) is 9.84 Å². The Bertz CT molecular complexity index is 774. The molecule has 0 aliphatic rings. The third-order valence-electron chi connectivity index (χ3n) is 4.55. The minimum Gasteiger partial charge on any atom is -0.497 e. The number of methoxy groups -OCH3 is 1. The summed E-state index contributed by atoms with van der Waals surface area (Å²) in [7, 11) is 0.236. The number of benzene rings is 2. The quantitative estimate of drug-likeness (QED) is 0.457. The molecular formula is C20H29NO3SSi. The van der Waals surface area contributed by atoms with E-state index in [4.69, 9.17) is 4.74 Å². The fourth-order valence-corrected chi connectivity index (χ4v) is 5.54. The molecule has 142 valence electrons. The number of ether oxygens (including phenoxy) is 1. The smallest absolute Gasteiger partial charge is 0.206 e. The zero-order chi connectivity index (χ0) is 19.0. The normalized spacial score (nSPS) is 11.8. The van der Waals surface area contributed by atoms with Crippen LogP contribution in [0, 0.1) is 0 Å². The molecule has 0 aliphatic heterocycles. The van der Waals surface area contributed by atoms with Gasteiger partial charge in [-0.2, -0.15) is 0 Å². The van der Waals surface area contributed by atoms with Crippen LogP contribution in [0.3, 0.4) is 0 Å². The lowest BCUT2D eigenvalue weighted by atomic mass is 10.3. The molecule has 0 bridgehead atoms. The van der Waals surface area contributed by atoms with Gasteiger partial charge >= 0.3 is 0 Å². The molecule has 0 amide bonds. The molecule has 0 spiro atoms. The second-order valence-corrected chi connectivity index (χ2v) is 10.6. The van der Waals surface area contributed by atoms with Gasteiger partial charge in [-0.1, -0.05) is 25.4 Å². The van der Waals surface area contributed by atoms with Crippen LogP contribution in [0.25, 0.3) is 0 Å². The molecule has 26 heavy (non-hydrogen) atoms. The summed E-state index contributed by atoms with van der Waals surface area (Å²) in [6, 6.07) is 16.5. The van der Waals surface area contributed by atoms with Crippen molar-refractivity contribution in [2.45, 2.75) is 41.6 Å². The van der Waals surface area contributed by atoms with E-state index in [1.807, 2.05) is 12.1 Å². The van der Waals surface area contributed by atoms with Gasteiger partial charge in [-0.15, -0.1) is 0 Å². The van der Waals surface area contributed by atoms with Crippen molar-refractivity contribution in [3.8, 4) is 5.75 Å². The lowest BCUT2D eigenvalue weighted by Crippen LogP contribution is -2.18. The van der Waals surface area contributed by atoms with Crippen molar-refractivity contribution in [3.63, 3.8) is 0 Å². The van der Waals surface area contributed by atoms with Crippen molar-refractivity contribution < 1.29 is 13.2 Å². The molecule has 2 rings (SSSR count). The van der Waals surface area contributed by atoms with Crippen molar-refractivity contribution in [2.24, 2.45) is 0 Å². The van der Waals surface area contributed by atoms with Crippen molar-refractivity contribution in [1.29, 1.82) is 0 Å². The highest BCUT2D eigenvalue weighted by atomic mass is 32.2. The molecule has 0 fully saturated rings. The minimum atomic E-state index is -3.50. The highest BCUT2D eigenvalue weighted by Gasteiger charge is 2.17. The van der Waals surface area contributed by atoms with Gasteiger partial charge in [0.15, 0.2) is 0 Å². The van der Waals surface area contributed by atoms with Gasteiger partial charge in [0, 0.05) is 28.8 Å². The first-order chi connectivity index (χ1) is 12.5. The van der Waals surface area contributed by atoms with Gasteiger partial charge in [0.1, 0.15) is 5.75 Å². The van der Waals surface area contributed by atoms with Gasteiger partial charge in [-0.25, -0.2) is 8.42 Å². The summed E-state index contributed by atoms with van der Waals surface area (Å²) in [4.78, 5) is 2.79. The molecule has 0 aromatic heterocycles. The van der Waals surface area contributed by atoms with Gasteiger partial charge in [0.25, 0.3) is 0 Å². The first kappa shape index (κ1) is 20.5. The van der Waals surface area contributed by atoms with E-state index >= 15 is 0 Å². The summed E-state index contributed by atoms with van der Waals surface area (Å²) >= 11 is 0. The van der Waals surface area contributed by atoms with Crippen LogP contribution in [-0.4, -0.2) is 38.6 Å². The molecule has 6 heteroatoms. The summed E-state index contributed by atoms with van der Waals surface area (Å²) in [5.41, 5.74) is 1.05. The number of hydrogen-bond donors (Lipinski definition) is 0. The van der Waals surface area contributed by atoms with Gasteiger partial charge in [-0.3, -0.25) is 0 Å². The number of nitrogens with zero attached hydrogens (tertiary/aromatic N) is 1. The molecule has 2 aromatic carbocycles. The number of anilines is 1. The van der Waals surface area contributed by atoms with Gasteiger partial charge < -0.3 is 9.64 Å². The van der Waals surface area contributed by atoms with Crippen LogP contribution in [0.15, 0.2) is 58.3 Å². The van der Waals surface area contributed by atoms with Crippen molar-refractivity contribution in [1.82, 2.24) is 0 Å². The third-order valence-corrected chi connectivity index (χ3v) is 8.55. The molecule has 0 heterocycles. The highest BCUT2D eigenvalue weighted by Crippen LogP contribution is 2.25. The number of sulfone groups is 1. The van der Waals surface area contributed by atoms with E-state index in [1.165, 1.54) is 24.9 Å². The fourth-order valence-electron chi connectivity index (χ4n) is 2.85. The molecule has 0 saturated carbocycles. The molecule has 0 saturated heterocycles. The molecule has 0 N–H and O–H groups in total. The predicted molar refractivity (Wildman–Crippen MR) is 111 cm³/mol. The summed E-state index contributed by atoms with van der Waals surface area (Å²) in [6.45, 7) is 3.27. The topological polar surface area (TPSA) is 46.6 Å². The Balaban J connectivity index is 2.03. The van der Waals surface area contributed by atoms with Crippen LogP contribution < -0.4 is 9.64 Å². The number of hydrogen-bond acceptors (Lipinski definition) is 4. The fraction of sp³-hybridized carbons (Fsp3) is 0.400. The highest BCUT2D eigenvalue weighted by molar-refractivity contribution is 7.91. The number of rotatable bonds is 10. The van der Waals surface area contributed by atoms with Crippen LogP contribution in [0.1, 0.15) is 19.8 Å². The Kier molecular flexibility index (Phi) is 7.72. The monoisotopic (exact) mass is 391 g/mol. The van der Waals surface area contributed by atoms with Crippen LogP contribution in [0.5, 0.6) is 5.75 Å². The SMILES string of the molecule is CCC[SiH2]CCCN(C)c1ccc(S(=O)(=O)c2ccc(OC)cc2)cc1. The standard InChI is InChI=1S/C20H29NO3SSi/c1-4-15-26-16-5-14-21(2)17-6-10-19(11-7-17)25(22,23)20-12-8-18(24-3)9-13-20/h6-13H,4-5,14-16,26H2,1-3H3. The van der Waals surface area contributed by atoms with E-state index in [9.17, 15) is 8.42 Å². The zero-order valence-electron chi connectivity index (χ0n) is 15.9. The van der Waals surface area contributed by atoms with Crippen LogP contribution in [0.4, 0.5) is 5.69 Å². The predicted octanol–water partition coefficient (Wildman–Crippen LogP) is 3.77.